The standard InChI is InChI=1S/C14H19F2N3O/c1-8-6-19(7-9(2)20-8)12-5-11(13(15)16)17-14(18-12)10-3-4-10/h5,8-10,13H,3-4,6-7H2,1-2H3. The van der Waals surface area contributed by atoms with Crippen LogP contribution in [-0.2, 0) is 4.74 Å². The molecule has 2 atom stereocenters. The van der Waals surface area contributed by atoms with Crippen LogP contribution in [-0.4, -0.2) is 35.3 Å². The number of morpholine rings is 1. The smallest absolute Gasteiger partial charge is 0.280 e. The Morgan fingerprint density at radius 2 is 1.85 bits per heavy atom. The van der Waals surface area contributed by atoms with Gasteiger partial charge in [0, 0.05) is 25.1 Å². The van der Waals surface area contributed by atoms with Crippen molar-refractivity contribution in [1.82, 2.24) is 9.97 Å². The number of ether oxygens (including phenoxy) is 1. The van der Waals surface area contributed by atoms with Crippen LogP contribution in [0, 0.1) is 0 Å². The molecule has 20 heavy (non-hydrogen) atoms. The molecule has 1 saturated heterocycles. The van der Waals surface area contributed by atoms with Gasteiger partial charge in [0.15, 0.2) is 0 Å². The topological polar surface area (TPSA) is 38.2 Å². The SMILES string of the molecule is CC1CN(c2cc(C(F)F)nc(C3CC3)n2)CC(C)O1. The maximum absolute atomic E-state index is 13.0. The summed E-state index contributed by atoms with van der Waals surface area (Å²) in [6.07, 6.45) is -0.393. The van der Waals surface area contributed by atoms with Crippen LogP contribution < -0.4 is 4.90 Å². The number of halogens is 2. The lowest BCUT2D eigenvalue weighted by molar-refractivity contribution is -0.00549. The summed E-state index contributed by atoms with van der Waals surface area (Å²) < 4.78 is 31.7. The molecule has 3 rings (SSSR count). The van der Waals surface area contributed by atoms with Crippen molar-refractivity contribution < 1.29 is 13.5 Å². The molecule has 1 aromatic heterocycles. The minimum absolute atomic E-state index is 0.0769. The first-order valence-corrected chi connectivity index (χ1v) is 7.10. The normalized spacial score (nSPS) is 27.1. The fourth-order valence-corrected chi connectivity index (χ4v) is 2.63. The van der Waals surface area contributed by atoms with Gasteiger partial charge in [-0.05, 0) is 26.7 Å². The molecule has 2 heterocycles. The highest BCUT2D eigenvalue weighted by atomic mass is 19.3. The molecule has 110 valence electrons. The van der Waals surface area contributed by atoms with E-state index >= 15 is 0 Å². The molecule has 1 saturated carbocycles. The first-order chi connectivity index (χ1) is 9.52. The molecule has 1 aliphatic carbocycles. The zero-order chi connectivity index (χ0) is 14.3. The molecule has 4 nitrogen and oxygen atoms in total. The van der Waals surface area contributed by atoms with Gasteiger partial charge in [-0.15, -0.1) is 0 Å². The van der Waals surface area contributed by atoms with Crippen LogP contribution in [0.15, 0.2) is 6.07 Å². The van der Waals surface area contributed by atoms with Crippen LogP contribution in [0.25, 0.3) is 0 Å². The molecule has 0 N–H and O–H groups in total. The second-order valence-electron chi connectivity index (χ2n) is 5.75. The Morgan fingerprint density at radius 3 is 2.40 bits per heavy atom. The quantitative estimate of drug-likeness (QED) is 0.855. The maximum Gasteiger partial charge on any atom is 0.280 e. The van der Waals surface area contributed by atoms with Crippen molar-refractivity contribution in [2.75, 3.05) is 18.0 Å². The van der Waals surface area contributed by atoms with Crippen LogP contribution in [0.5, 0.6) is 0 Å². The summed E-state index contributed by atoms with van der Waals surface area (Å²) in [4.78, 5) is 10.5. The van der Waals surface area contributed by atoms with Crippen LogP contribution in [0.4, 0.5) is 14.6 Å². The molecule has 2 unspecified atom stereocenters. The summed E-state index contributed by atoms with van der Waals surface area (Å²) in [7, 11) is 0. The lowest BCUT2D eigenvalue weighted by Gasteiger charge is -2.36. The number of rotatable bonds is 3. The monoisotopic (exact) mass is 283 g/mol. The number of aromatic nitrogens is 2. The molecule has 0 radical (unpaired) electrons. The van der Waals surface area contributed by atoms with Gasteiger partial charge in [-0.25, -0.2) is 18.7 Å². The Morgan fingerprint density at radius 1 is 1.20 bits per heavy atom. The van der Waals surface area contributed by atoms with Gasteiger partial charge in [0.1, 0.15) is 17.3 Å². The third-order valence-corrected chi connectivity index (χ3v) is 3.66. The summed E-state index contributed by atoms with van der Waals surface area (Å²) in [5, 5.41) is 0. The number of hydrogen-bond donors (Lipinski definition) is 0. The third-order valence-electron chi connectivity index (χ3n) is 3.66. The summed E-state index contributed by atoms with van der Waals surface area (Å²) in [5.41, 5.74) is -0.163. The third kappa shape index (κ3) is 2.90. The minimum Gasteiger partial charge on any atom is -0.372 e. The molecule has 2 fully saturated rings. The van der Waals surface area contributed by atoms with Crippen LogP contribution >= 0.6 is 0 Å². The van der Waals surface area contributed by atoms with E-state index in [2.05, 4.69) is 9.97 Å². The van der Waals surface area contributed by atoms with Gasteiger partial charge in [0.05, 0.1) is 12.2 Å². The van der Waals surface area contributed by atoms with E-state index in [4.69, 9.17) is 4.74 Å². The van der Waals surface area contributed by atoms with Crippen molar-refractivity contribution in [3.05, 3.63) is 17.6 Å². The predicted molar refractivity (Wildman–Crippen MR) is 71.2 cm³/mol. The number of nitrogens with zero attached hydrogens (tertiary/aromatic N) is 3. The number of hydrogen-bond acceptors (Lipinski definition) is 4. The highest BCUT2D eigenvalue weighted by Gasteiger charge is 2.30. The summed E-state index contributed by atoms with van der Waals surface area (Å²) in [6, 6.07) is 1.42. The molecular formula is C14H19F2N3O. The van der Waals surface area contributed by atoms with Gasteiger partial charge in [-0.3, -0.25) is 0 Å². The fraction of sp³-hybridized carbons (Fsp3) is 0.714. The van der Waals surface area contributed by atoms with E-state index in [-0.39, 0.29) is 23.8 Å². The van der Waals surface area contributed by atoms with E-state index in [1.54, 1.807) is 0 Å². The average molecular weight is 283 g/mol. The van der Waals surface area contributed by atoms with Crippen molar-refractivity contribution in [3.63, 3.8) is 0 Å². The first kappa shape index (κ1) is 13.7. The number of alkyl halides is 2. The molecule has 0 amide bonds. The van der Waals surface area contributed by atoms with Crippen LogP contribution in [0.1, 0.15) is 50.6 Å². The van der Waals surface area contributed by atoms with Crippen LogP contribution in [0.2, 0.25) is 0 Å². The minimum atomic E-state index is -2.55. The Labute approximate surface area is 117 Å². The Kier molecular flexibility index (Phi) is 3.58. The van der Waals surface area contributed by atoms with Crippen molar-refractivity contribution in [2.24, 2.45) is 0 Å². The van der Waals surface area contributed by atoms with Crippen molar-refractivity contribution >= 4 is 5.82 Å². The maximum atomic E-state index is 13.0. The Bertz CT molecular complexity index is 463. The largest absolute Gasteiger partial charge is 0.372 e. The zero-order valence-electron chi connectivity index (χ0n) is 11.7. The molecule has 6 heteroatoms. The predicted octanol–water partition coefficient (Wildman–Crippen LogP) is 2.91. The average Bonchev–Trinajstić information content (AvgIpc) is 3.21. The molecular weight excluding hydrogens is 264 g/mol. The van der Waals surface area contributed by atoms with Gasteiger partial charge in [-0.1, -0.05) is 0 Å². The van der Waals surface area contributed by atoms with E-state index < -0.39 is 6.43 Å². The van der Waals surface area contributed by atoms with E-state index in [0.29, 0.717) is 24.7 Å². The highest BCUT2D eigenvalue weighted by molar-refractivity contribution is 5.42. The second-order valence-corrected chi connectivity index (χ2v) is 5.75. The van der Waals surface area contributed by atoms with E-state index in [1.165, 1.54) is 6.07 Å². The molecule has 0 spiro atoms. The lowest BCUT2D eigenvalue weighted by Crippen LogP contribution is -2.46. The Balaban J connectivity index is 1.91. The van der Waals surface area contributed by atoms with Gasteiger partial charge >= 0.3 is 0 Å². The molecule has 0 aromatic carbocycles. The lowest BCUT2D eigenvalue weighted by atomic mass is 10.2. The van der Waals surface area contributed by atoms with Crippen molar-refractivity contribution in [3.8, 4) is 0 Å². The molecule has 1 aliphatic heterocycles. The van der Waals surface area contributed by atoms with Gasteiger partial charge < -0.3 is 9.64 Å². The first-order valence-electron chi connectivity index (χ1n) is 7.10. The second kappa shape index (κ2) is 5.24. The van der Waals surface area contributed by atoms with Crippen molar-refractivity contribution in [1.29, 1.82) is 0 Å². The van der Waals surface area contributed by atoms with Gasteiger partial charge in [0.2, 0.25) is 0 Å². The van der Waals surface area contributed by atoms with Gasteiger partial charge in [-0.2, -0.15) is 0 Å². The fourth-order valence-electron chi connectivity index (χ4n) is 2.63. The molecule has 1 aromatic rings. The van der Waals surface area contributed by atoms with E-state index in [9.17, 15) is 8.78 Å². The van der Waals surface area contributed by atoms with Gasteiger partial charge in [0.25, 0.3) is 6.43 Å². The molecule has 0 bridgehead atoms. The van der Waals surface area contributed by atoms with Crippen LogP contribution in [0.3, 0.4) is 0 Å². The van der Waals surface area contributed by atoms with Crippen molar-refractivity contribution in [2.45, 2.75) is 51.2 Å². The summed E-state index contributed by atoms with van der Waals surface area (Å²) in [6.45, 7) is 5.32. The summed E-state index contributed by atoms with van der Waals surface area (Å²) >= 11 is 0. The Hall–Kier alpha value is -1.30. The van der Waals surface area contributed by atoms with E-state index in [0.717, 1.165) is 12.8 Å². The highest BCUT2D eigenvalue weighted by Crippen LogP contribution is 2.39. The number of anilines is 1. The summed E-state index contributed by atoms with van der Waals surface area (Å²) in [5.74, 6) is 1.45. The zero-order valence-corrected chi connectivity index (χ0v) is 11.7. The van der Waals surface area contributed by atoms with E-state index in [1.807, 2.05) is 18.7 Å². The molecule has 2 aliphatic rings.